The van der Waals surface area contributed by atoms with Gasteiger partial charge >= 0.3 is 0 Å². The summed E-state index contributed by atoms with van der Waals surface area (Å²) in [6.45, 7) is 8.84. The van der Waals surface area contributed by atoms with Crippen molar-refractivity contribution in [2.75, 3.05) is 38.5 Å². The predicted molar refractivity (Wildman–Crippen MR) is 96.8 cm³/mol. The van der Waals surface area contributed by atoms with Gasteiger partial charge in [-0.2, -0.15) is 0 Å². The highest BCUT2D eigenvalue weighted by atomic mass is 16.2. The molecule has 132 valence electrons. The van der Waals surface area contributed by atoms with Gasteiger partial charge in [-0.15, -0.1) is 0 Å². The summed E-state index contributed by atoms with van der Waals surface area (Å²) in [5.41, 5.74) is 1.90. The standard InChI is InChI=1S/C19H29N3O2/c1-14-5-7-17(8-6-14)20-18(23)12-21(4)19(24)13-22-10-15(2)9-16(3)11-22/h5-8,15-16H,9-13H2,1-4H3,(H,20,23). The molecule has 0 bridgehead atoms. The number of amides is 2. The van der Waals surface area contributed by atoms with Crippen LogP contribution in [0.4, 0.5) is 5.69 Å². The molecule has 1 saturated heterocycles. The Morgan fingerprint density at radius 1 is 1.17 bits per heavy atom. The van der Waals surface area contributed by atoms with E-state index in [2.05, 4.69) is 24.1 Å². The fourth-order valence-electron chi connectivity index (χ4n) is 3.37. The SMILES string of the molecule is Cc1ccc(NC(=O)CN(C)C(=O)CN2CC(C)CC(C)C2)cc1. The number of nitrogens with zero attached hydrogens (tertiary/aromatic N) is 2. The molecule has 5 nitrogen and oxygen atoms in total. The largest absolute Gasteiger partial charge is 0.335 e. The van der Waals surface area contributed by atoms with Gasteiger partial charge in [-0.1, -0.05) is 31.5 Å². The number of carbonyl (C=O) groups is 2. The summed E-state index contributed by atoms with van der Waals surface area (Å²) in [7, 11) is 1.69. The Hall–Kier alpha value is -1.88. The van der Waals surface area contributed by atoms with Gasteiger partial charge in [0.15, 0.2) is 0 Å². The predicted octanol–water partition coefficient (Wildman–Crippen LogP) is 2.37. The van der Waals surface area contributed by atoms with Crippen LogP contribution in [0.5, 0.6) is 0 Å². The zero-order chi connectivity index (χ0) is 17.7. The lowest BCUT2D eigenvalue weighted by Gasteiger charge is -2.35. The van der Waals surface area contributed by atoms with Crippen LogP contribution in [-0.2, 0) is 9.59 Å². The summed E-state index contributed by atoms with van der Waals surface area (Å²) in [6, 6.07) is 7.63. The highest BCUT2D eigenvalue weighted by molar-refractivity contribution is 5.94. The molecule has 5 heteroatoms. The maximum absolute atomic E-state index is 12.4. The molecule has 1 aromatic rings. The van der Waals surface area contributed by atoms with Crippen molar-refractivity contribution in [1.82, 2.24) is 9.80 Å². The van der Waals surface area contributed by atoms with E-state index < -0.39 is 0 Å². The monoisotopic (exact) mass is 331 g/mol. The van der Waals surface area contributed by atoms with Crippen LogP contribution in [-0.4, -0.2) is 54.8 Å². The molecule has 1 heterocycles. The van der Waals surface area contributed by atoms with Crippen LogP contribution < -0.4 is 5.32 Å². The van der Waals surface area contributed by atoms with Gasteiger partial charge in [-0.25, -0.2) is 0 Å². The molecule has 2 amide bonds. The number of anilines is 1. The van der Waals surface area contributed by atoms with Gasteiger partial charge in [0.25, 0.3) is 0 Å². The lowest BCUT2D eigenvalue weighted by molar-refractivity contribution is -0.134. The average Bonchev–Trinajstić information content (AvgIpc) is 2.48. The molecule has 0 spiro atoms. The molecule has 1 aliphatic rings. The van der Waals surface area contributed by atoms with Gasteiger partial charge < -0.3 is 10.2 Å². The van der Waals surface area contributed by atoms with E-state index in [0.29, 0.717) is 18.4 Å². The van der Waals surface area contributed by atoms with Gasteiger partial charge in [0, 0.05) is 25.8 Å². The molecule has 24 heavy (non-hydrogen) atoms. The molecule has 0 aromatic heterocycles. The maximum Gasteiger partial charge on any atom is 0.243 e. The number of piperidine rings is 1. The minimum absolute atomic E-state index is 0.00430. The molecule has 1 fully saturated rings. The van der Waals surface area contributed by atoms with Crippen molar-refractivity contribution in [1.29, 1.82) is 0 Å². The summed E-state index contributed by atoms with van der Waals surface area (Å²) in [5, 5.41) is 2.83. The number of rotatable bonds is 5. The molecule has 0 saturated carbocycles. The van der Waals surface area contributed by atoms with Crippen LogP contribution >= 0.6 is 0 Å². The molecule has 1 aromatic carbocycles. The van der Waals surface area contributed by atoms with E-state index in [4.69, 9.17) is 0 Å². The second-order valence-corrected chi connectivity index (χ2v) is 7.30. The van der Waals surface area contributed by atoms with E-state index in [1.807, 2.05) is 31.2 Å². The summed E-state index contributed by atoms with van der Waals surface area (Å²) >= 11 is 0. The van der Waals surface area contributed by atoms with E-state index in [9.17, 15) is 9.59 Å². The molecular formula is C19H29N3O2. The third kappa shape index (κ3) is 5.64. The normalized spacial score (nSPS) is 21.3. The summed E-state index contributed by atoms with van der Waals surface area (Å²) < 4.78 is 0. The second-order valence-electron chi connectivity index (χ2n) is 7.30. The first-order chi connectivity index (χ1) is 11.3. The third-order valence-corrected chi connectivity index (χ3v) is 4.45. The summed E-state index contributed by atoms with van der Waals surface area (Å²) in [5.74, 6) is 1.07. The van der Waals surface area contributed by atoms with Crippen molar-refractivity contribution >= 4 is 17.5 Å². The molecule has 0 aliphatic carbocycles. The Morgan fingerprint density at radius 2 is 1.75 bits per heavy atom. The number of likely N-dealkylation sites (tertiary alicyclic amines) is 1. The summed E-state index contributed by atoms with van der Waals surface area (Å²) in [6.07, 6.45) is 1.22. The van der Waals surface area contributed by atoms with Crippen molar-refractivity contribution in [3.05, 3.63) is 29.8 Å². The number of carbonyl (C=O) groups excluding carboxylic acids is 2. The van der Waals surface area contributed by atoms with Crippen molar-refractivity contribution < 1.29 is 9.59 Å². The molecule has 0 radical (unpaired) electrons. The lowest BCUT2D eigenvalue weighted by atomic mass is 9.92. The van der Waals surface area contributed by atoms with Crippen LogP contribution in [0, 0.1) is 18.8 Å². The topological polar surface area (TPSA) is 52.7 Å². The zero-order valence-corrected chi connectivity index (χ0v) is 15.2. The number of benzene rings is 1. The van der Waals surface area contributed by atoms with Gasteiger partial charge in [0.2, 0.25) is 11.8 Å². The maximum atomic E-state index is 12.4. The summed E-state index contributed by atoms with van der Waals surface area (Å²) in [4.78, 5) is 28.2. The van der Waals surface area contributed by atoms with Crippen molar-refractivity contribution in [3.63, 3.8) is 0 Å². The van der Waals surface area contributed by atoms with Gasteiger partial charge in [0.1, 0.15) is 0 Å². The molecule has 2 unspecified atom stereocenters. The van der Waals surface area contributed by atoms with Crippen LogP contribution in [0.15, 0.2) is 24.3 Å². The minimum atomic E-state index is -0.171. The number of aryl methyl sites for hydroxylation is 1. The Labute approximate surface area is 145 Å². The Balaban J connectivity index is 1.80. The first-order valence-corrected chi connectivity index (χ1v) is 8.66. The number of hydrogen-bond donors (Lipinski definition) is 1. The van der Waals surface area contributed by atoms with Crippen LogP contribution in [0.1, 0.15) is 25.8 Å². The zero-order valence-electron chi connectivity index (χ0n) is 15.2. The number of nitrogens with one attached hydrogen (secondary N) is 1. The van der Waals surface area contributed by atoms with E-state index in [1.165, 1.54) is 11.3 Å². The molecular weight excluding hydrogens is 302 g/mol. The van der Waals surface area contributed by atoms with Crippen LogP contribution in [0.2, 0.25) is 0 Å². The first-order valence-electron chi connectivity index (χ1n) is 8.66. The van der Waals surface area contributed by atoms with Crippen molar-refractivity contribution in [2.45, 2.75) is 27.2 Å². The Kier molecular flexibility index (Phi) is 6.37. The first kappa shape index (κ1) is 18.5. The van der Waals surface area contributed by atoms with Gasteiger partial charge in [-0.05, 0) is 37.3 Å². The number of likely N-dealkylation sites (N-methyl/N-ethyl adjacent to an activating group) is 1. The lowest BCUT2D eigenvalue weighted by Crippen LogP contribution is -2.46. The van der Waals surface area contributed by atoms with E-state index in [1.54, 1.807) is 7.05 Å². The second kappa shape index (κ2) is 8.29. The minimum Gasteiger partial charge on any atom is -0.335 e. The molecule has 2 rings (SSSR count). The van der Waals surface area contributed by atoms with Gasteiger partial charge in [0.05, 0.1) is 13.1 Å². The average molecular weight is 331 g/mol. The molecule has 2 atom stereocenters. The highest BCUT2D eigenvalue weighted by Crippen LogP contribution is 2.20. The van der Waals surface area contributed by atoms with Crippen LogP contribution in [0.25, 0.3) is 0 Å². The van der Waals surface area contributed by atoms with Crippen LogP contribution in [0.3, 0.4) is 0 Å². The van der Waals surface area contributed by atoms with E-state index in [-0.39, 0.29) is 18.4 Å². The Morgan fingerprint density at radius 3 is 2.33 bits per heavy atom. The van der Waals surface area contributed by atoms with Gasteiger partial charge in [-0.3, -0.25) is 14.5 Å². The Bertz CT molecular complexity index is 560. The fourth-order valence-corrected chi connectivity index (χ4v) is 3.37. The highest BCUT2D eigenvalue weighted by Gasteiger charge is 2.24. The molecule has 1 N–H and O–H groups in total. The quantitative estimate of drug-likeness (QED) is 0.901. The fraction of sp³-hybridized carbons (Fsp3) is 0.579. The van der Waals surface area contributed by atoms with E-state index >= 15 is 0 Å². The van der Waals surface area contributed by atoms with Crippen molar-refractivity contribution in [3.8, 4) is 0 Å². The number of hydrogen-bond acceptors (Lipinski definition) is 3. The van der Waals surface area contributed by atoms with E-state index in [0.717, 1.165) is 24.3 Å². The third-order valence-electron chi connectivity index (χ3n) is 4.45. The smallest absolute Gasteiger partial charge is 0.243 e. The molecule has 1 aliphatic heterocycles. The van der Waals surface area contributed by atoms with Crippen molar-refractivity contribution in [2.24, 2.45) is 11.8 Å².